The van der Waals surface area contributed by atoms with Crippen molar-refractivity contribution < 1.29 is 4.74 Å². The molecular weight excluding hydrogens is 148 g/mol. The van der Waals surface area contributed by atoms with E-state index in [0.29, 0.717) is 6.10 Å². The molecule has 0 heterocycles. The Bertz CT molecular complexity index is 179. The van der Waals surface area contributed by atoms with Crippen LogP contribution >= 0.6 is 0 Å². The van der Waals surface area contributed by atoms with E-state index in [1.807, 2.05) is 0 Å². The van der Waals surface area contributed by atoms with Crippen molar-refractivity contribution in [1.29, 1.82) is 0 Å². The molecule has 68 valence electrons. The molecule has 1 rings (SSSR count). The van der Waals surface area contributed by atoms with Gasteiger partial charge in [-0.3, -0.25) is 0 Å². The summed E-state index contributed by atoms with van der Waals surface area (Å²) in [6.07, 6.45) is 10.6. The third kappa shape index (κ3) is 3.22. The van der Waals surface area contributed by atoms with Crippen LogP contribution < -0.4 is 0 Å². The second kappa shape index (κ2) is 5.15. The van der Waals surface area contributed by atoms with Crippen molar-refractivity contribution in [3.63, 3.8) is 0 Å². The lowest BCUT2D eigenvalue weighted by atomic mass is 10.1. The number of hydrogen-bond acceptors (Lipinski definition) is 1. The van der Waals surface area contributed by atoms with Gasteiger partial charge < -0.3 is 4.74 Å². The maximum absolute atomic E-state index is 5.68. The zero-order chi connectivity index (χ0) is 8.81. The van der Waals surface area contributed by atoms with Gasteiger partial charge in [-0.1, -0.05) is 23.8 Å². The molecule has 0 amide bonds. The Morgan fingerprint density at radius 3 is 3.08 bits per heavy atom. The maximum Gasteiger partial charge on any atom is 0.0760 e. The Hall–Kier alpha value is -0.560. The molecule has 1 aliphatic carbocycles. The molecule has 0 bridgehead atoms. The van der Waals surface area contributed by atoms with Gasteiger partial charge in [0.25, 0.3) is 0 Å². The maximum atomic E-state index is 5.68. The molecule has 0 radical (unpaired) electrons. The fraction of sp³-hybridized carbons (Fsp3) is 0.636. The van der Waals surface area contributed by atoms with Crippen LogP contribution in [0.15, 0.2) is 23.8 Å². The first kappa shape index (κ1) is 9.53. The van der Waals surface area contributed by atoms with Crippen LogP contribution in [0.5, 0.6) is 0 Å². The first-order chi connectivity index (χ1) is 5.83. The highest BCUT2D eigenvalue weighted by Crippen LogP contribution is 2.14. The zero-order valence-electron chi connectivity index (χ0n) is 8.05. The minimum Gasteiger partial charge on any atom is -0.370 e. The fourth-order valence-electron chi connectivity index (χ4n) is 1.24. The summed E-state index contributed by atoms with van der Waals surface area (Å²) >= 11 is 0. The molecule has 1 heteroatoms. The Balaban J connectivity index is 2.22. The zero-order valence-corrected chi connectivity index (χ0v) is 8.05. The van der Waals surface area contributed by atoms with Crippen molar-refractivity contribution in [2.45, 2.75) is 39.2 Å². The second-order valence-electron chi connectivity index (χ2n) is 3.34. The highest BCUT2D eigenvalue weighted by atomic mass is 16.5. The van der Waals surface area contributed by atoms with E-state index in [1.165, 1.54) is 24.8 Å². The van der Waals surface area contributed by atoms with Gasteiger partial charge in [0.05, 0.1) is 12.7 Å². The number of hydrogen-bond donors (Lipinski definition) is 0. The summed E-state index contributed by atoms with van der Waals surface area (Å²) in [7, 11) is 0. The standard InChI is InChI=1S/C11H18O/c1-3-10(2)9-12-11-7-5-4-6-8-11/h3,5,7,11H,4,6,8-9H2,1-2H3/b10-3+. The SMILES string of the molecule is C/C=C(\C)COC1C=CCCC1. The van der Waals surface area contributed by atoms with E-state index in [1.54, 1.807) is 0 Å². The van der Waals surface area contributed by atoms with E-state index in [2.05, 4.69) is 32.1 Å². The molecule has 0 aromatic carbocycles. The summed E-state index contributed by atoms with van der Waals surface area (Å²) in [4.78, 5) is 0. The van der Waals surface area contributed by atoms with Crippen molar-refractivity contribution in [3.05, 3.63) is 23.8 Å². The van der Waals surface area contributed by atoms with E-state index in [-0.39, 0.29) is 0 Å². The molecule has 0 saturated carbocycles. The van der Waals surface area contributed by atoms with Crippen LogP contribution in [0.3, 0.4) is 0 Å². The third-order valence-corrected chi connectivity index (χ3v) is 2.23. The van der Waals surface area contributed by atoms with Crippen molar-refractivity contribution in [2.75, 3.05) is 6.61 Å². The normalized spacial score (nSPS) is 24.5. The Labute approximate surface area is 75.1 Å². The molecular formula is C11H18O. The average Bonchev–Trinajstić information content (AvgIpc) is 2.16. The smallest absolute Gasteiger partial charge is 0.0760 e. The van der Waals surface area contributed by atoms with Crippen LogP contribution in [0.1, 0.15) is 33.1 Å². The molecule has 1 nitrogen and oxygen atoms in total. The Morgan fingerprint density at radius 2 is 2.50 bits per heavy atom. The first-order valence-electron chi connectivity index (χ1n) is 4.73. The fourth-order valence-corrected chi connectivity index (χ4v) is 1.24. The van der Waals surface area contributed by atoms with Gasteiger partial charge in [0.2, 0.25) is 0 Å². The lowest BCUT2D eigenvalue weighted by Crippen LogP contribution is -2.13. The van der Waals surface area contributed by atoms with Crippen molar-refractivity contribution in [2.24, 2.45) is 0 Å². The van der Waals surface area contributed by atoms with Crippen molar-refractivity contribution in [1.82, 2.24) is 0 Å². The molecule has 1 unspecified atom stereocenters. The molecule has 1 atom stereocenters. The van der Waals surface area contributed by atoms with Crippen molar-refractivity contribution in [3.8, 4) is 0 Å². The molecule has 0 spiro atoms. The summed E-state index contributed by atoms with van der Waals surface area (Å²) in [6, 6.07) is 0. The third-order valence-electron chi connectivity index (χ3n) is 2.23. The highest BCUT2D eigenvalue weighted by molar-refractivity contribution is 4.98. The van der Waals surface area contributed by atoms with Gasteiger partial charge in [0.1, 0.15) is 0 Å². The number of ether oxygens (including phenoxy) is 1. The minimum absolute atomic E-state index is 0.369. The first-order valence-corrected chi connectivity index (χ1v) is 4.73. The summed E-state index contributed by atoms with van der Waals surface area (Å²) in [5.74, 6) is 0. The van der Waals surface area contributed by atoms with Crippen LogP contribution in [0.2, 0.25) is 0 Å². The van der Waals surface area contributed by atoms with E-state index in [4.69, 9.17) is 4.74 Å². The van der Waals surface area contributed by atoms with E-state index < -0.39 is 0 Å². The van der Waals surface area contributed by atoms with Crippen molar-refractivity contribution >= 4 is 0 Å². The minimum atomic E-state index is 0.369. The molecule has 12 heavy (non-hydrogen) atoms. The largest absolute Gasteiger partial charge is 0.370 e. The highest BCUT2D eigenvalue weighted by Gasteiger charge is 2.07. The summed E-state index contributed by atoms with van der Waals surface area (Å²) in [5.41, 5.74) is 1.31. The van der Waals surface area contributed by atoms with Crippen LogP contribution in [0.25, 0.3) is 0 Å². The van der Waals surface area contributed by atoms with Gasteiger partial charge >= 0.3 is 0 Å². The monoisotopic (exact) mass is 166 g/mol. The van der Waals surface area contributed by atoms with E-state index in [9.17, 15) is 0 Å². The second-order valence-corrected chi connectivity index (χ2v) is 3.34. The Kier molecular flexibility index (Phi) is 4.09. The van der Waals surface area contributed by atoms with Crippen LogP contribution in [-0.4, -0.2) is 12.7 Å². The van der Waals surface area contributed by atoms with Gasteiger partial charge in [-0.15, -0.1) is 0 Å². The Morgan fingerprint density at radius 1 is 1.67 bits per heavy atom. The summed E-state index contributed by atoms with van der Waals surface area (Å²) in [6.45, 7) is 4.94. The van der Waals surface area contributed by atoms with Crippen LogP contribution in [-0.2, 0) is 4.74 Å². The number of rotatable bonds is 3. The van der Waals surface area contributed by atoms with E-state index in [0.717, 1.165) is 6.61 Å². The predicted molar refractivity (Wildman–Crippen MR) is 52.2 cm³/mol. The summed E-state index contributed by atoms with van der Waals surface area (Å²) < 4.78 is 5.68. The topological polar surface area (TPSA) is 9.23 Å². The van der Waals surface area contributed by atoms with Crippen LogP contribution in [0, 0.1) is 0 Å². The molecule has 0 aromatic rings. The predicted octanol–water partition coefficient (Wildman–Crippen LogP) is 3.08. The van der Waals surface area contributed by atoms with Gasteiger partial charge in [-0.05, 0) is 33.1 Å². The summed E-state index contributed by atoms with van der Waals surface area (Å²) in [5, 5.41) is 0. The van der Waals surface area contributed by atoms with Gasteiger partial charge in [0.15, 0.2) is 0 Å². The molecule has 0 fully saturated rings. The average molecular weight is 166 g/mol. The molecule has 0 N–H and O–H groups in total. The number of allylic oxidation sites excluding steroid dienone is 2. The molecule has 1 aliphatic rings. The van der Waals surface area contributed by atoms with E-state index >= 15 is 0 Å². The molecule has 0 saturated heterocycles. The lowest BCUT2D eigenvalue weighted by Gasteiger charge is -2.17. The van der Waals surface area contributed by atoms with Crippen LogP contribution in [0.4, 0.5) is 0 Å². The lowest BCUT2D eigenvalue weighted by molar-refractivity contribution is 0.0930. The van der Waals surface area contributed by atoms with Gasteiger partial charge in [-0.2, -0.15) is 0 Å². The van der Waals surface area contributed by atoms with Gasteiger partial charge in [0, 0.05) is 0 Å². The molecule has 0 aromatic heterocycles. The van der Waals surface area contributed by atoms with Gasteiger partial charge in [-0.25, -0.2) is 0 Å². The molecule has 0 aliphatic heterocycles. The quantitative estimate of drug-likeness (QED) is 0.585.